The largest absolute Gasteiger partial charge is 0.463 e. The van der Waals surface area contributed by atoms with E-state index in [-0.39, 0.29) is 11.8 Å². The molecule has 4 rings (SSSR count). The highest BCUT2D eigenvalue weighted by molar-refractivity contribution is 6.30. The zero-order valence-corrected chi connectivity index (χ0v) is 21.8. The van der Waals surface area contributed by atoms with Gasteiger partial charge in [-0.25, -0.2) is 0 Å². The van der Waals surface area contributed by atoms with Crippen molar-refractivity contribution in [1.82, 2.24) is 14.7 Å². The van der Waals surface area contributed by atoms with Gasteiger partial charge in [-0.3, -0.25) is 9.69 Å². The molecule has 35 heavy (non-hydrogen) atoms. The third-order valence-electron chi connectivity index (χ3n) is 7.03. The Morgan fingerprint density at radius 2 is 1.63 bits per heavy atom. The lowest BCUT2D eigenvalue weighted by atomic mass is 9.87. The summed E-state index contributed by atoms with van der Waals surface area (Å²) < 4.78 is 5.97. The van der Waals surface area contributed by atoms with Gasteiger partial charge in [0.2, 0.25) is 5.91 Å². The zero-order valence-electron chi connectivity index (χ0n) is 21.1. The van der Waals surface area contributed by atoms with E-state index in [9.17, 15) is 4.79 Å². The van der Waals surface area contributed by atoms with E-state index in [2.05, 4.69) is 32.0 Å². The number of furan rings is 1. The van der Waals surface area contributed by atoms with Crippen molar-refractivity contribution in [2.75, 3.05) is 47.4 Å². The number of hydrogen-bond donors (Lipinski definition) is 0. The predicted molar refractivity (Wildman–Crippen MR) is 138 cm³/mol. The first-order chi connectivity index (χ1) is 16.9. The van der Waals surface area contributed by atoms with Crippen molar-refractivity contribution in [1.29, 1.82) is 0 Å². The van der Waals surface area contributed by atoms with Crippen LogP contribution >= 0.6 is 11.6 Å². The second-order valence-corrected chi connectivity index (χ2v) is 10.4. The normalized spacial score (nSPS) is 18.9. The summed E-state index contributed by atoms with van der Waals surface area (Å²) in [6.45, 7) is 5.01. The summed E-state index contributed by atoms with van der Waals surface area (Å²) in [5, 5.41) is 5.02. The lowest BCUT2D eigenvalue weighted by molar-refractivity contribution is -0.138. The van der Waals surface area contributed by atoms with Crippen LogP contribution in [0.15, 0.2) is 46.0 Å². The quantitative estimate of drug-likeness (QED) is 0.394. The van der Waals surface area contributed by atoms with E-state index < -0.39 is 0 Å². The average Bonchev–Trinajstić information content (AvgIpc) is 3.29. The summed E-state index contributed by atoms with van der Waals surface area (Å²) in [7, 11) is 5.66. The summed E-state index contributed by atoms with van der Waals surface area (Å²) in [5.74, 6) is 2.70. The van der Waals surface area contributed by atoms with Gasteiger partial charge >= 0.3 is 0 Å². The Bertz CT molecular complexity index is 988. The number of halogens is 1. The number of amides is 1. The van der Waals surface area contributed by atoms with E-state index >= 15 is 0 Å². The summed E-state index contributed by atoms with van der Waals surface area (Å²) in [4.78, 5) is 24.9. The van der Waals surface area contributed by atoms with Crippen LogP contribution in [0, 0.1) is 11.8 Å². The molecule has 2 saturated heterocycles. The number of hydrogen-bond acceptors (Lipinski definition) is 6. The molecule has 0 spiro atoms. The highest BCUT2D eigenvalue weighted by atomic mass is 35.5. The standard InChI is InChI=1S/C27H37ClN4O3/c1-30(2)18-24-8-9-25(35-24)19-31-14-10-22(11-15-31)27(33)32-16-12-21(13-17-32)26(29-34-3)20-4-6-23(28)7-5-20/h4-9,21-22H,10-19H2,1-3H3. The van der Waals surface area contributed by atoms with Gasteiger partial charge in [-0.15, -0.1) is 0 Å². The lowest BCUT2D eigenvalue weighted by Gasteiger charge is -2.37. The molecule has 2 aliphatic heterocycles. The minimum absolute atomic E-state index is 0.118. The van der Waals surface area contributed by atoms with E-state index in [1.165, 1.54) is 0 Å². The van der Waals surface area contributed by atoms with Crippen LogP contribution < -0.4 is 0 Å². The second kappa shape index (κ2) is 12.1. The Hall–Kier alpha value is -2.35. The maximum Gasteiger partial charge on any atom is 0.225 e. The molecule has 0 bridgehead atoms. The maximum absolute atomic E-state index is 13.2. The molecule has 0 radical (unpaired) electrons. The van der Waals surface area contributed by atoms with Crippen molar-refractivity contribution in [2.45, 2.75) is 38.8 Å². The van der Waals surface area contributed by atoms with E-state index in [0.29, 0.717) is 10.9 Å². The van der Waals surface area contributed by atoms with Crippen molar-refractivity contribution < 1.29 is 14.0 Å². The minimum Gasteiger partial charge on any atom is -0.463 e. The van der Waals surface area contributed by atoms with Crippen molar-refractivity contribution in [3.63, 3.8) is 0 Å². The van der Waals surface area contributed by atoms with Gasteiger partial charge < -0.3 is 19.1 Å². The Morgan fingerprint density at radius 1 is 1.00 bits per heavy atom. The van der Waals surface area contributed by atoms with Crippen molar-refractivity contribution >= 4 is 23.2 Å². The Balaban J connectivity index is 1.25. The van der Waals surface area contributed by atoms with Gasteiger partial charge in [0.15, 0.2) is 0 Å². The first-order valence-electron chi connectivity index (χ1n) is 12.5. The number of likely N-dealkylation sites (tertiary alicyclic amines) is 2. The van der Waals surface area contributed by atoms with Crippen molar-refractivity contribution in [3.05, 3.63) is 58.5 Å². The number of nitrogens with zero attached hydrogens (tertiary/aromatic N) is 4. The average molecular weight is 501 g/mol. The highest BCUT2D eigenvalue weighted by Gasteiger charge is 2.32. The molecule has 0 saturated carbocycles. The van der Waals surface area contributed by atoms with Crippen LogP contribution in [0.4, 0.5) is 0 Å². The number of benzene rings is 1. The molecular weight excluding hydrogens is 464 g/mol. The summed E-state index contributed by atoms with van der Waals surface area (Å²) in [5.41, 5.74) is 1.97. The SMILES string of the molecule is CON=C(c1ccc(Cl)cc1)C1CCN(C(=O)C2CCN(Cc3ccc(CN(C)C)o3)CC2)CC1. The predicted octanol–water partition coefficient (Wildman–Crippen LogP) is 4.50. The minimum atomic E-state index is 0.118. The summed E-state index contributed by atoms with van der Waals surface area (Å²) in [6.07, 6.45) is 3.60. The van der Waals surface area contributed by atoms with Crippen LogP contribution in [0.3, 0.4) is 0 Å². The van der Waals surface area contributed by atoms with E-state index in [4.69, 9.17) is 20.9 Å². The molecule has 0 atom stereocenters. The van der Waals surface area contributed by atoms with Gasteiger partial charge in [-0.05, 0) is 82.7 Å². The van der Waals surface area contributed by atoms with Crippen LogP contribution in [-0.2, 0) is 22.7 Å². The van der Waals surface area contributed by atoms with Gasteiger partial charge in [0.25, 0.3) is 0 Å². The van der Waals surface area contributed by atoms with Gasteiger partial charge in [-0.1, -0.05) is 28.9 Å². The first kappa shape index (κ1) is 25.7. The topological polar surface area (TPSA) is 61.5 Å². The third kappa shape index (κ3) is 6.87. The number of carbonyl (C=O) groups excluding carboxylic acids is 1. The monoisotopic (exact) mass is 500 g/mol. The van der Waals surface area contributed by atoms with Gasteiger partial charge in [0, 0.05) is 29.9 Å². The third-order valence-corrected chi connectivity index (χ3v) is 7.28. The molecule has 190 valence electrons. The van der Waals surface area contributed by atoms with E-state index in [1.807, 2.05) is 38.4 Å². The fraction of sp³-hybridized carbons (Fsp3) is 0.556. The van der Waals surface area contributed by atoms with Crippen LogP contribution in [0.5, 0.6) is 0 Å². The molecule has 0 aliphatic carbocycles. The van der Waals surface area contributed by atoms with Gasteiger partial charge in [-0.2, -0.15) is 0 Å². The van der Waals surface area contributed by atoms with Gasteiger partial charge in [0.1, 0.15) is 18.6 Å². The number of carbonyl (C=O) groups is 1. The van der Waals surface area contributed by atoms with Crippen molar-refractivity contribution in [2.24, 2.45) is 17.0 Å². The Morgan fingerprint density at radius 3 is 2.26 bits per heavy atom. The fourth-order valence-electron chi connectivity index (χ4n) is 5.18. The lowest BCUT2D eigenvalue weighted by Crippen LogP contribution is -2.46. The molecule has 7 nitrogen and oxygen atoms in total. The Labute approximate surface area is 213 Å². The van der Waals surface area contributed by atoms with Crippen LogP contribution in [0.25, 0.3) is 0 Å². The smallest absolute Gasteiger partial charge is 0.225 e. The molecule has 0 N–H and O–H groups in total. The van der Waals surface area contributed by atoms with Crippen LogP contribution in [0.2, 0.25) is 5.02 Å². The number of oxime groups is 1. The molecule has 2 fully saturated rings. The van der Waals surface area contributed by atoms with E-state index in [1.54, 1.807) is 7.11 Å². The molecule has 0 unspecified atom stereocenters. The number of rotatable bonds is 8. The molecule has 1 aromatic carbocycles. The van der Waals surface area contributed by atoms with Gasteiger partial charge in [0.05, 0.1) is 18.8 Å². The summed E-state index contributed by atoms with van der Waals surface area (Å²) >= 11 is 6.05. The molecule has 2 aromatic rings. The maximum atomic E-state index is 13.2. The second-order valence-electron chi connectivity index (χ2n) is 9.92. The molecule has 1 amide bonds. The number of piperidine rings is 2. The molecule has 1 aromatic heterocycles. The highest BCUT2D eigenvalue weighted by Crippen LogP contribution is 2.27. The summed E-state index contributed by atoms with van der Waals surface area (Å²) in [6, 6.07) is 11.9. The molecule has 8 heteroatoms. The molecule has 3 heterocycles. The van der Waals surface area contributed by atoms with Crippen molar-refractivity contribution in [3.8, 4) is 0 Å². The van der Waals surface area contributed by atoms with E-state index in [0.717, 1.165) is 87.7 Å². The zero-order chi connectivity index (χ0) is 24.8. The molecular formula is C27H37ClN4O3. The molecule has 2 aliphatic rings. The first-order valence-corrected chi connectivity index (χ1v) is 12.9. The fourth-order valence-corrected chi connectivity index (χ4v) is 5.30. The Kier molecular flexibility index (Phi) is 8.87. The van der Waals surface area contributed by atoms with Crippen LogP contribution in [0.1, 0.15) is 42.8 Å². The van der Waals surface area contributed by atoms with Crippen LogP contribution in [-0.4, -0.2) is 73.7 Å².